The van der Waals surface area contributed by atoms with Crippen molar-refractivity contribution >= 4 is 11.9 Å². The van der Waals surface area contributed by atoms with Crippen LogP contribution in [-0.4, -0.2) is 22.2 Å². The number of hydrogen-bond acceptors (Lipinski definition) is 2. The zero-order valence-corrected chi connectivity index (χ0v) is 10.2. The van der Waals surface area contributed by atoms with Gasteiger partial charge in [-0.05, 0) is 44.5 Å². The maximum atomic E-state index is 10.6. The van der Waals surface area contributed by atoms with Crippen LogP contribution in [0.3, 0.4) is 0 Å². The van der Waals surface area contributed by atoms with Crippen molar-refractivity contribution in [3.05, 3.63) is 47.0 Å². The first-order chi connectivity index (χ1) is 7.75. The Balaban J connectivity index is 0.000000557. The zero-order chi connectivity index (χ0) is 13.6. The summed E-state index contributed by atoms with van der Waals surface area (Å²) in [5.41, 5.74) is 1.85. The summed E-state index contributed by atoms with van der Waals surface area (Å²) in [5, 5.41) is 17.2. The molecule has 0 spiro atoms. The summed E-state index contributed by atoms with van der Waals surface area (Å²) >= 11 is 0. The van der Waals surface area contributed by atoms with Crippen LogP contribution < -0.4 is 0 Å². The number of benzene rings is 1. The van der Waals surface area contributed by atoms with E-state index in [9.17, 15) is 9.59 Å². The van der Waals surface area contributed by atoms with E-state index in [1.165, 1.54) is 23.8 Å². The Labute approximate surface area is 100 Å². The van der Waals surface area contributed by atoms with Gasteiger partial charge in [0.1, 0.15) is 0 Å². The number of carbonyl (C=O) groups is 2. The highest BCUT2D eigenvalue weighted by Crippen LogP contribution is 2.10. The lowest BCUT2D eigenvalue weighted by molar-refractivity contribution is 0.0680. The number of carboxylic acid groups (broad SMARTS) is 2. The van der Waals surface area contributed by atoms with E-state index in [0.29, 0.717) is 5.56 Å². The molecule has 0 saturated heterocycles. The normalized spacial score (nSPS) is 8.88. The van der Waals surface area contributed by atoms with Gasteiger partial charge < -0.3 is 10.2 Å². The maximum Gasteiger partial charge on any atom is 0.335 e. The quantitative estimate of drug-likeness (QED) is 0.774. The lowest BCUT2D eigenvalue weighted by Crippen LogP contribution is -2.03. The fourth-order valence-corrected chi connectivity index (χ4v) is 1.04. The average Bonchev–Trinajstić information content (AvgIpc) is 2.15. The van der Waals surface area contributed by atoms with Gasteiger partial charge in [0.15, 0.2) is 0 Å². The second kappa shape index (κ2) is 6.48. The summed E-state index contributed by atoms with van der Waals surface area (Å²) in [4.78, 5) is 21.0. The summed E-state index contributed by atoms with van der Waals surface area (Å²) in [6.45, 7) is 9.07. The molecule has 0 saturated carbocycles. The van der Waals surface area contributed by atoms with Gasteiger partial charge in [0.2, 0.25) is 0 Å². The second-order valence-electron chi connectivity index (χ2n) is 3.85. The number of rotatable bonds is 2. The highest BCUT2D eigenvalue weighted by Gasteiger charge is 2.09. The topological polar surface area (TPSA) is 74.6 Å². The lowest BCUT2D eigenvalue weighted by atomic mass is 10.1. The van der Waals surface area contributed by atoms with Crippen molar-refractivity contribution < 1.29 is 19.8 Å². The number of allylic oxidation sites excluding steroid dienone is 1. The molecule has 1 rings (SSSR count). The molecule has 0 amide bonds. The summed E-state index contributed by atoms with van der Waals surface area (Å²) in [6, 6.07) is 3.91. The zero-order valence-electron chi connectivity index (χ0n) is 10.2. The largest absolute Gasteiger partial charge is 0.478 e. The van der Waals surface area contributed by atoms with E-state index in [1.807, 2.05) is 13.8 Å². The van der Waals surface area contributed by atoms with Crippen LogP contribution in [0.4, 0.5) is 0 Å². The maximum absolute atomic E-state index is 10.6. The molecule has 0 atom stereocenters. The minimum absolute atomic E-state index is 0.0995. The van der Waals surface area contributed by atoms with E-state index < -0.39 is 11.9 Å². The Bertz CT molecular complexity index is 443. The first kappa shape index (κ1) is 14.9. The van der Waals surface area contributed by atoms with E-state index in [2.05, 4.69) is 6.58 Å². The van der Waals surface area contributed by atoms with E-state index in [-0.39, 0.29) is 11.1 Å². The predicted octanol–water partition coefficient (Wildman–Crippen LogP) is 2.97. The molecule has 4 nitrogen and oxygen atoms in total. The molecule has 0 heterocycles. The van der Waals surface area contributed by atoms with Crippen molar-refractivity contribution in [1.82, 2.24) is 0 Å². The van der Waals surface area contributed by atoms with E-state index in [0.717, 1.165) is 0 Å². The third kappa shape index (κ3) is 5.51. The molecule has 0 bridgehead atoms. The second-order valence-corrected chi connectivity index (χ2v) is 3.85. The summed E-state index contributed by atoms with van der Waals surface area (Å²) < 4.78 is 0. The van der Waals surface area contributed by atoms with Gasteiger partial charge in [-0.2, -0.15) is 0 Å². The Morgan fingerprint density at radius 1 is 1.12 bits per heavy atom. The molecule has 1 aromatic rings. The molecule has 0 radical (unpaired) electrons. The highest BCUT2D eigenvalue weighted by molar-refractivity contribution is 5.93. The van der Waals surface area contributed by atoms with Gasteiger partial charge >= 0.3 is 11.9 Å². The SMILES string of the molecule is C=C(C)C.Cc1cc(C(=O)O)ccc1C(=O)O. The Kier molecular flexibility index (Phi) is 5.68. The van der Waals surface area contributed by atoms with Crippen molar-refractivity contribution in [2.45, 2.75) is 20.8 Å². The number of hydrogen-bond donors (Lipinski definition) is 2. The molecule has 0 aliphatic rings. The first-order valence-electron chi connectivity index (χ1n) is 4.95. The van der Waals surface area contributed by atoms with E-state index >= 15 is 0 Å². The van der Waals surface area contributed by atoms with Gasteiger partial charge in [-0.15, -0.1) is 6.58 Å². The summed E-state index contributed by atoms with van der Waals surface area (Å²) in [5.74, 6) is -2.10. The van der Waals surface area contributed by atoms with Gasteiger partial charge in [-0.3, -0.25) is 0 Å². The van der Waals surface area contributed by atoms with Crippen LogP contribution in [0, 0.1) is 6.92 Å². The third-order valence-corrected chi connectivity index (χ3v) is 1.70. The van der Waals surface area contributed by atoms with Crippen molar-refractivity contribution in [2.75, 3.05) is 0 Å². The Morgan fingerprint density at radius 3 is 1.88 bits per heavy atom. The number of aryl methyl sites for hydroxylation is 1. The molecular formula is C13H16O4. The molecule has 0 fully saturated rings. The minimum atomic E-state index is -1.06. The molecule has 0 aromatic heterocycles. The van der Waals surface area contributed by atoms with E-state index in [1.54, 1.807) is 6.92 Å². The van der Waals surface area contributed by atoms with Gasteiger partial charge in [0.25, 0.3) is 0 Å². The Hall–Kier alpha value is -2.10. The average molecular weight is 236 g/mol. The number of aromatic carboxylic acids is 2. The minimum Gasteiger partial charge on any atom is -0.478 e. The molecule has 0 aliphatic heterocycles. The molecule has 1 aromatic carbocycles. The first-order valence-corrected chi connectivity index (χ1v) is 4.95. The molecule has 0 aliphatic carbocycles. The smallest absolute Gasteiger partial charge is 0.335 e. The fourth-order valence-electron chi connectivity index (χ4n) is 1.04. The molecule has 92 valence electrons. The Morgan fingerprint density at radius 2 is 1.59 bits per heavy atom. The molecular weight excluding hydrogens is 220 g/mol. The van der Waals surface area contributed by atoms with Crippen LogP contribution in [0.5, 0.6) is 0 Å². The van der Waals surface area contributed by atoms with Gasteiger partial charge in [0.05, 0.1) is 11.1 Å². The van der Waals surface area contributed by atoms with Crippen LogP contribution in [0.15, 0.2) is 30.4 Å². The predicted molar refractivity (Wildman–Crippen MR) is 65.6 cm³/mol. The summed E-state index contributed by atoms with van der Waals surface area (Å²) in [7, 11) is 0. The highest BCUT2D eigenvalue weighted by atomic mass is 16.4. The standard InChI is InChI=1S/C9H8O4.C4H8/c1-5-4-6(8(10)11)2-3-7(5)9(12)13;1-4(2)3/h2-4H,1H3,(H,10,11)(H,12,13);1H2,2-3H3. The molecule has 4 heteroatoms. The van der Waals surface area contributed by atoms with Crippen LogP contribution in [-0.2, 0) is 0 Å². The monoisotopic (exact) mass is 236 g/mol. The molecule has 2 N–H and O–H groups in total. The van der Waals surface area contributed by atoms with Crippen molar-refractivity contribution in [3.63, 3.8) is 0 Å². The van der Waals surface area contributed by atoms with Gasteiger partial charge in [-0.1, -0.05) is 5.57 Å². The third-order valence-electron chi connectivity index (χ3n) is 1.70. The van der Waals surface area contributed by atoms with Crippen LogP contribution in [0.25, 0.3) is 0 Å². The number of carboxylic acids is 2. The molecule has 17 heavy (non-hydrogen) atoms. The fraction of sp³-hybridized carbons (Fsp3) is 0.231. The van der Waals surface area contributed by atoms with Crippen LogP contribution >= 0.6 is 0 Å². The van der Waals surface area contributed by atoms with Gasteiger partial charge in [0, 0.05) is 0 Å². The summed E-state index contributed by atoms with van der Waals surface area (Å²) in [6.07, 6.45) is 0. The van der Waals surface area contributed by atoms with Crippen LogP contribution in [0.1, 0.15) is 40.1 Å². The van der Waals surface area contributed by atoms with E-state index in [4.69, 9.17) is 10.2 Å². The molecule has 0 unspecified atom stereocenters. The lowest BCUT2D eigenvalue weighted by Gasteiger charge is -2.01. The van der Waals surface area contributed by atoms with Crippen molar-refractivity contribution in [3.8, 4) is 0 Å². The van der Waals surface area contributed by atoms with Gasteiger partial charge in [-0.25, -0.2) is 9.59 Å². The van der Waals surface area contributed by atoms with Crippen molar-refractivity contribution in [2.24, 2.45) is 0 Å². The van der Waals surface area contributed by atoms with Crippen molar-refractivity contribution in [1.29, 1.82) is 0 Å². The van der Waals surface area contributed by atoms with Crippen LogP contribution in [0.2, 0.25) is 0 Å².